The highest BCUT2D eigenvalue weighted by atomic mass is 32.2. The number of aliphatic hydroxyl groups excluding tert-OH is 1. The fourth-order valence-electron chi connectivity index (χ4n) is 3.43. The van der Waals surface area contributed by atoms with E-state index in [4.69, 9.17) is 4.98 Å². The third-order valence-corrected chi connectivity index (χ3v) is 7.15. The zero-order valence-electron chi connectivity index (χ0n) is 15.8. The largest absolute Gasteiger partial charge is 0.391 e. The third-order valence-electron chi connectivity index (χ3n) is 5.19. The van der Waals surface area contributed by atoms with Gasteiger partial charge in [-0.2, -0.15) is 0 Å². The van der Waals surface area contributed by atoms with Crippen LogP contribution in [0.15, 0.2) is 24.3 Å². The SMILES string of the molecule is CCc1ccc2nc(N3C[C@@H](CS(=O)(=O)N(C)C)[C@H](O)C3)cc(C)c2c1. The van der Waals surface area contributed by atoms with Crippen LogP contribution in [0.1, 0.15) is 18.1 Å². The number of nitrogens with zero attached hydrogens (tertiary/aromatic N) is 3. The van der Waals surface area contributed by atoms with Crippen molar-refractivity contribution in [2.45, 2.75) is 26.4 Å². The van der Waals surface area contributed by atoms with Crippen LogP contribution in [0.4, 0.5) is 5.82 Å². The van der Waals surface area contributed by atoms with Gasteiger partial charge in [0.1, 0.15) is 5.82 Å². The van der Waals surface area contributed by atoms with Crippen LogP contribution < -0.4 is 4.90 Å². The number of hydrogen-bond donors (Lipinski definition) is 1. The van der Waals surface area contributed by atoms with Gasteiger partial charge in [0.2, 0.25) is 10.0 Å². The maximum Gasteiger partial charge on any atom is 0.214 e. The second kappa shape index (κ2) is 7.13. The molecular formula is C19H27N3O3S. The van der Waals surface area contributed by atoms with Crippen molar-refractivity contribution in [1.82, 2.24) is 9.29 Å². The van der Waals surface area contributed by atoms with Gasteiger partial charge in [-0.05, 0) is 42.7 Å². The number of anilines is 1. The number of aryl methyl sites for hydroxylation is 2. The molecule has 1 N–H and O–H groups in total. The lowest BCUT2D eigenvalue weighted by Crippen LogP contribution is -2.33. The molecule has 0 amide bonds. The molecule has 0 saturated carbocycles. The Morgan fingerprint density at radius 2 is 2.00 bits per heavy atom. The zero-order valence-corrected chi connectivity index (χ0v) is 16.6. The summed E-state index contributed by atoms with van der Waals surface area (Å²) in [6.07, 6.45) is 0.308. The van der Waals surface area contributed by atoms with Crippen LogP contribution in [-0.4, -0.2) is 61.9 Å². The zero-order chi connectivity index (χ0) is 19.1. The minimum absolute atomic E-state index is 0.0515. The number of aliphatic hydroxyl groups is 1. The van der Waals surface area contributed by atoms with Crippen molar-refractivity contribution in [3.8, 4) is 0 Å². The maximum atomic E-state index is 12.1. The average Bonchev–Trinajstić information content (AvgIpc) is 2.94. The summed E-state index contributed by atoms with van der Waals surface area (Å²) in [5.74, 6) is 0.426. The summed E-state index contributed by atoms with van der Waals surface area (Å²) in [4.78, 5) is 6.74. The molecule has 6 nitrogen and oxygen atoms in total. The van der Waals surface area contributed by atoms with Crippen molar-refractivity contribution >= 4 is 26.7 Å². The van der Waals surface area contributed by atoms with Crippen LogP contribution in [0, 0.1) is 12.8 Å². The van der Waals surface area contributed by atoms with E-state index in [1.165, 1.54) is 24.0 Å². The highest BCUT2D eigenvalue weighted by Gasteiger charge is 2.36. The van der Waals surface area contributed by atoms with E-state index in [0.717, 1.165) is 28.7 Å². The third kappa shape index (κ3) is 3.70. The first-order valence-electron chi connectivity index (χ1n) is 8.94. The molecule has 1 aliphatic rings. The predicted molar refractivity (Wildman–Crippen MR) is 105 cm³/mol. The first-order valence-corrected chi connectivity index (χ1v) is 10.6. The van der Waals surface area contributed by atoms with Crippen LogP contribution >= 0.6 is 0 Å². The summed E-state index contributed by atoms with van der Waals surface area (Å²) in [6, 6.07) is 8.32. The first kappa shape index (κ1) is 19.1. The molecule has 0 unspecified atom stereocenters. The minimum atomic E-state index is -3.34. The molecule has 1 fully saturated rings. The second-order valence-corrected chi connectivity index (χ2v) is 9.52. The lowest BCUT2D eigenvalue weighted by molar-refractivity contribution is 0.157. The van der Waals surface area contributed by atoms with Gasteiger partial charge in [0.15, 0.2) is 0 Å². The molecule has 1 aromatic carbocycles. The van der Waals surface area contributed by atoms with Crippen molar-refractivity contribution in [3.05, 3.63) is 35.4 Å². The van der Waals surface area contributed by atoms with E-state index in [9.17, 15) is 13.5 Å². The molecule has 2 atom stereocenters. The van der Waals surface area contributed by atoms with Crippen LogP contribution in [0.3, 0.4) is 0 Å². The Bertz CT molecular complexity index is 912. The van der Waals surface area contributed by atoms with Gasteiger partial charge in [-0.3, -0.25) is 0 Å². The summed E-state index contributed by atoms with van der Waals surface area (Å²) in [5.41, 5.74) is 3.34. The number of sulfonamides is 1. The summed E-state index contributed by atoms with van der Waals surface area (Å²) in [6.45, 7) is 5.08. The van der Waals surface area contributed by atoms with Crippen LogP contribution in [0.5, 0.6) is 0 Å². The maximum absolute atomic E-state index is 12.1. The van der Waals surface area contributed by atoms with Crippen molar-refractivity contribution in [1.29, 1.82) is 0 Å². The molecule has 0 radical (unpaired) electrons. The average molecular weight is 378 g/mol. The minimum Gasteiger partial charge on any atom is -0.391 e. The Hall–Kier alpha value is -1.70. The van der Waals surface area contributed by atoms with E-state index >= 15 is 0 Å². The number of rotatable bonds is 5. The van der Waals surface area contributed by atoms with Crippen LogP contribution in [-0.2, 0) is 16.4 Å². The number of β-amino-alcohol motifs (C(OH)–C–C–N with tert-alkyl or cyclic N) is 1. The quantitative estimate of drug-likeness (QED) is 0.860. The fraction of sp³-hybridized carbons (Fsp3) is 0.526. The molecule has 3 rings (SSSR count). The molecule has 7 heteroatoms. The van der Waals surface area contributed by atoms with E-state index in [1.54, 1.807) is 0 Å². The van der Waals surface area contributed by atoms with Crippen molar-refractivity contribution in [3.63, 3.8) is 0 Å². The Kier molecular flexibility index (Phi) is 5.23. The van der Waals surface area contributed by atoms with Gasteiger partial charge < -0.3 is 10.0 Å². The Morgan fingerprint density at radius 1 is 1.27 bits per heavy atom. The lowest BCUT2D eigenvalue weighted by atomic mass is 10.1. The lowest BCUT2D eigenvalue weighted by Gasteiger charge is -2.19. The molecule has 1 aliphatic heterocycles. The molecular weight excluding hydrogens is 350 g/mol. The first-order chi connectivity index (χ1) is 12.2. The van der Waals surface area contributed by atoms with Gasteiger partial charge in [0.05, 0.1) is 17.4 Å². The molecule has 26 heavy (non-hydrogen) atoms. The van der Waals surface area contributed by atoms with Gasteiger partial charge in [-0.15, -0.1) is 0 Å². The van der Waals surface area contributed by atoms with E-state index in [0.29, 0.717) is 13.1 Å². The predicted octanol–water partition coefficient (Wildman–Crippen LogP) is 1.79. The van der Waals surface area contributed by atoms with Gasteiger partial charge in [-0.1, -0.05) is 13.0 Å². The van der Waals surface area contributed by atoms with Gasteiger partial charge in [-0.25, -0.2) is 17.7 Å². The summed E-state index contributed by atoms with van der Waals surface area (Å²) < 4.78 is 25.5. The van der Waals surface area contributed by atoms with Crippen LogP contribution in [0.25, 0.3) is 10.9 Å². The van der Waals surface area contributed by atoms with Crippen molar-refractivity contribution < 1.29 is 13.5 Å². The number of aromatic nitrogens is 1. The summed E-state index contributed by atoms with van der Waals surface area (Å²) in [7, 11) is -0.302. The van der Waals surface area contributed by atoms with Crippen molar-refractivity contribution in [2.24, 2.45) is 5.92 Å². The molecule has 2 heterocycles. The fourth-order valence-corrected chi connectivity index (χ4v) is 4.60. The van der Waals surface area contributed by atoms with E-state index in [1.807, 2.05) is 17.0 Å². The van der Waals surface area contributed by atoms with Gasteiger partial charge in [0.25, 0.3) is 0 Å². The number of pyridine rings is 1. The molecule has 0 spiro atoms. The highest BCUT2D eigenvalue weighted by molar-refractivity contribution is 7.89. The van der Waals surface area contributed by atoms with E-state index in [-0.39, 0.29) is 11.7 Å². The molecule has 0 bridgehead atoms. The molecule has 1 saturated heterocycles. The number of hydrogen-bond acceptors (Lipinski definition) is 5. The Labute approximate surface area is 155 Å². The normalized spacial score (nSPS) is 21.1. The highest BCUT2D eigenvalue weighted by Crippen LogP contribution is 2.28. The monoisotopic (exact) mass is 377 g/mol. The Balaban J connectivity index is 1.86. The standard InChI is InChI=1S/C19H27N3O3S/c1-5-14-6-7-17-16(9-14)13(2)8-19(20-17)22-10-15(18(23)11-22)12-26(24,25)21(3)4/h6-9,15,18,23H,5,10-12H2,1-4H3/t15-,18+/m0/s1. The summed E-state index contributed by atoms with van der Waals surface area (Å²) in [5, 5.41) is 11.5. The van der Waals surface area contributed by atoms with E-state index in [2.05, 4.69) is 26.0 Å². The number of fused-ring (bicyclic) bond motifs is 1. The van der Waals surface area contributed by atoms with Crippen LogP contribution in [0.2, 0.25) is 0 Å². The summed E-state index contributed by atoms with van der Waals surface area (Å²) >= 11 is 0. The molecule has 1 aromatic heterocycles. The van der Waals surface area contributed by atoms with Crippen molar-refractivity contribution in [2.75, 3.05) is 37.8 Å². The topological polar surface area (TPSA) is 73.7 Å². The molecule has 0 aliphatic carbocycles. The van der Waals surface area contributed by atoms with Gasteiger partial charge >= 0.3 is 0 Å². The second-order valence-electron chi connectivity index (χ2n) is 7.30. The molecule has 142 valence electrons. The van der Waals surface area contributed by atoms with Gasteiger partial charge in [0, 0.05) is 38.5 Å². The molecule has 2 aromatic rings. The number of benzene rings is 1. The smallest absolute Gasteiger partial charge is 0.214 e. The Morgan fingerprint density at radius 3 is 2.65 bits per heavy atom. The van der Waals surface area contributed by atoms with E-state index < -0.39 is 16.1 Å².